The van der Waals surface area contributed by atoms with Crippen LogP contribution in [0.2, 0.25) is 0 Å². The molecule has 3 aromatic heterocycles. The molecule has 5 nitrogen and oxygen atoms in total. The Bertz CT molecular complexity index is 3990. The molecule has 0 atom stereocenters. The fourth-order valence-corrected chi connectivity index (χ4v) is 7.41. The molecule has 0 aliphatic carbocycles. The highest BCUT2D eigenvalue weighted by Crippen LogP contribution is 2.41. The molecule has 3 heterocycles. The molecule has 0 unspecified atom stereocenters. The summed E-state index contributed by atoms with van der Waals surface area (Å²) < 4.78 is 126. The van der Waals surface area contributed by atoms with Crippen LogP contribution in [0.5, 0.6) is 0 Å². The molecule has 0 N–H and O–H groups in total. The van der Waals surface area contributed by atoms with Crippen molar-refractivity contribution in [2.75, 3.05) is 0 Å². The molecule has 11 rings (SSSR count). The van der Waals surface area contributed by atoms with E-state index in [1.54, 1.807) is 4.57 Å². The molecule has 5 heteroatoms. The van der Waals surface area contributed by atoms with Crippen LogP contribution >= 0.6 is 0 Å². The van der Waals surface area contributed by atoms with Crippen LogP contribution in [0.15, 0.2) is 200 Å². The summed E-state index contributed by atoms with van der Waals surface area (Å²) in [5, 5.41) is 3.48. The first-order valence-electron chi connectivity index (χ1n) is 24.7. The number of rotatable bonds is 6. The Balaban J connectivity index is 1.25. The molecule has 0 aliphatic rings. The van der Waals surface area contributed by atoms with E-state index < -0.39 is 118 Å². The number of aromatic nitrogens is 5. The summed E-state index contributed by atoms with van der Waals surface area (Å²) >= 11 is 0. The monoisotopic (exact) mass is 729 g/mol. The van der Waals surface area contributed by atoms with Gasteiger partial charge in [0.1, 0.15) is 0 Å². The molecule has 0 radical (unpaired) electrons. The Kier molecular flexibility index (Phi) is 4.83. The Morgan fingerprint density at radius 3 is 1.54 bits per heavy atom. The van der Waals surface area contributed by atoms with E-state index in [0.29, 0.717) is 11.0 Å². The summed E-state index contributed by atoms with van der Waals surface area (Å²) in [6.45, 7) is 0. The van der Waals surface area contributed by atoms with Gasteiger partial charge in [-0.2, -0.15) is 9.97 Å². The summed E-state index contributed by atoms with van der Waals surface area (Å²) in [4.78, 5) is 14.2. The van der Waals surface area contributed by atoms with E-state index in [-0.39, 0.29) is 5.95 Å². The van der Waals surface area contributed by atoms with Crippen molar-refractivity contribution in [2.24, 2.45) is 0 Å². The van der Waals surface area contributed by atoms with Crippen LogP contribution in [0, 0.1) is 0 Å². The van der Waals surface area contributed by atoms with Crippen molar-refractivity contribution < 1.29 is 19.2 Å². The lowest BCUT2D eigenvalue weighted by Gasteiger charge is -2.14. The molecule has 0 saturated heterocycles. The molecule has 0 fully saturated rings. The molecule has 0 saturated carbocycles. The minimum absolute atomic E-state index is 0.156. The summed E-state index contributed by atoms with van der Waals surface area (Å²) in [7, 11) is 0. The third kappa shape index (κ3) is 5.21. The minimum atomic E-state index is -0.760. The molecule has 56 heavy (non-hydrogen) atoms. The van der Waals surface area contributed by atoms with Crippen molar-refractivity contribution in [3.8, 4) is 56.7 Å². The smallest absolute Gasteiger partial charge is 0.238 e. The standard InChI is InChI=1S/C51H33N5/c1-4-16-34(17-5-1)35-28-30-38(31-29-35)50-52-49(37-20-8-3-9-21-37)53-51(54-50)56-46-27-15-12-24-41(46)43-32-42-40-23-11-14-26-45(40)55(47(42)33-48(43)56)44-25-13-10-22-39(44)36-18-6-2-7-19-36/h1-33H/i1D,3D,4D,5D,8D,9D,16D,17D,20D,21D,28D,29D,30D,31D. The quantitative estimate of drug-likeness (QED) is 0.171. The normalized spacial score (nSPS) is 15.1. The van der Waals surface area contributed by atoms with Crippen LogP contribution in [0.4, 0.5) is 0 Å². The van der Waals surface area contributed by atoms with E-state index in [2.05, 4.69) is 52.0 Å². The van der Waals surface area contributed by atoms with E-state index in [1.165, 1.54) is 0 Å². The largest absolute Gasteiger partial charge is 0.309 e. The second-order valence-corrected chi connectivity index (χ2v) is 13.0. The van der Waals surface area contributed by atoms with Gasteiger partial charge in [-0.05, 0) is 47.0 Å². The zero-order valence-electron chi connectivity index (χ0n) is 43.2. The van der Waals surface area contributed by atoms with E-state index in [4.69, 9.17) is 23.7 Å². The lowest BCUT2D eigenvalue weighted by molar-refractivity contribution is 0.953. The molecule has 0 bridgehead atoms. The molecule has 8 aromatic carbocycles. The Morgan fingerprint density at radius 2 is 0.857 bits per heavy atom. The van der Waals surface area contributed by atoms with Crippen LogP contribution in [0.3, 0.4) is 0 Å². The first-order valence-corrected chi connectivity index (χ1v) is 17.7. The van der Waals surface area contributed by atoms with Crippen molar-refractivity contribution >= 4 is 43.6 Å². The zero-order chi connectivity index (χ0) is 49.2. The van der Waals surface area contributed by atoms with Gasteiger partial charge in [-0.3, -0.25) is 4.57 Å². The molecule has 262 valence electrons. The van der Waals surface area contributed by atoms with Gasteiger partial charge in [0.2, 0.25) is 5.95 Å². The topological polar surface area (TPSA) is 48.5 Å². The number of para-hydroxylation sites is 3. The maximum atomic E-state index is 9.33. The highest BCUT2D eigenvalue weighted by atomic mass is 15.2. The van der Waals surface area contributed by atoms with Crippen molar-refractivity contribution in [3.63, 3.8) is 0 Å². The third-order valence-electron chi connectivity index (χ3n) is 9.84. The lowest BCUT2D eigenvalue weighted by atomic mass is 10.0. The maximum Gasteiger partial charge on any atom is 0.238 e. The summed E-state index contributed by atoms with van der Waals surface area (Å²) in [6, 6.07) is 27.9. The summed E-state index contributed by atoms with van der Waals surface area (Å²) in [5.74, 6) is -1.05. The number of benzene rings is 8. The van der Waals surface area contributed by atoms with Gasteiger partial charge in [0.15, 0.2) is 11.6 Å². The maximum absolute atomic E-state index is 9.33. The lowest BCUT2D eigenvalue weighted by Crippen LogP contribution is -2.06. The van der Waals surface area contributed by atoms with Crippen molar-refractivity contribution in [1.29, 1.82) is 0 Å². The SMILES string of the molecule is [2H]c1c([2H])c([2H])c(-c2nc(-c3c([2H])c([2H])c(-c4c([2H])c([2H])c([2H])c([2H])c4[2H])c([2H])c3[2H])nc(-n3c4ccccc4c4cc5c6ccccc6n(-c6ccccc6-c6ccccc6)c5cc43)n2)c([2H])c1[2H]. The fourth-order valence-electron chi connectivity index (χ4n) is 7.41. The molecule has 0 spiro atoms. The second kappa shape index (κ2) is 13.0. The Morgan fingerprint density at radius 1 is 0.357 bits per heavy atom. The van der Waals surface area contributed by atoms with Crippen LogP contribution in [0.1, 0.15) is 19.2 Å². The van der Waals surface area contributed by atoms with Crippen LogP contribution in [0.25, 0.3) is 100 Å². The third-order valence-corrected chi connectivity index (χ3v) is 9.84. The molecule has 0 aliphatic heterocycles. The first-order chi connectivity index (χ1) is 33.6. The van der Waals surface area contributed by atoms with E-state index in [1.807, 2.05) is 72.8 Å². The van der Waals surface area contributed by atoms with Gasteiger partial charge in [0.25, 0.3) is 0 Å². The minimum Gasteiger partial charge on any atom is -0.309 e. The van der Waals surface area contributed by atoms with Crippen molar-refractivity contribution in [1.82, 2.24) is 24.1 Å². The van der Waals surface area contributed by atoms with E-state index in [0.717, 1.165) is 49.4 Å². The predicted octanol–water partition coefficient (Wildman–Crippen LogP) is 12.7. The Hall–Kier alpha value is -7.63. The van der Waals surface area contributed by atoms with E-state index >= 15 is 0 Å². The van der Waals surface area contributed by atoms with Gasteiger partial charge in [-0.15, -0.1) is 0 Å². The van der Waals surface area contributed by atoms with Crippen LogP contribution in [-0.4, -0.2) is 24.1 Å². The molecule has 0 amide bonds. The molecule has 11 aromatic rings. The summed E-state index contributed by atoms with van der Waals surface area (Å²) in [6.07, 6.45) is 0. The van der Waals surface area contributed by atoms with Crippen molar-refractivity contribution in [3.05, 3.63) is 200 Å². The number of hydrogen-bond donors (Lipinski definition) is 0. The van der Waals surface area contributed by atoms with Gasteiger partial charge in [-0.1, -0.05) is 170 Å². The van der Waals surface area contributed by atoms with Gasteiger partial charge in [0.05, 0.1) is 46.9 Å². The fraction of sp³-hybridized carbons (Fsp3) is 0. The first kappa shape index (κ1) is 20.7. The summed E-state index contributed by atoms with van der Waals surface area (Å²) in [5.41, 5.74) is 3.82. The highest BCUT2D eigenvalue weighted by Gasteiger charge is 2.22. The second-order valence-electron chi connectivity index (χ2n) is 13.0. The highest BCUT2D eigenvalue weighted by molar-refractivity contribution is 6.19. The molecular weight excluding hydrogens is 683 g/mol. The van der Waals surface area contributed by atoms with Crippen molar-refractivity contribution in [2.45, 2.75) is 0 Å². The number of nitrogens with zero attached hydrogens (tertiary/aromatic N) is 5. The average Bonchev–Trinajstić information content (AvgIpc) is 3.88. The van der Waals surface area contributed by atoms with Gasteiger partial charge in [0, 0.05) is 38.2 Å². The van der Waals surface area contributed by atoms with Gasteiger partial charge < -0.3 is 4.57 Å². The molecular formula is C51H33N5. The number of fused-ring (bicyclic) bond motifs is 6. The van der Waals surface area contributed by atoms with Gasteiger partial charge >= 0.3 is 0 Å². The Labute approximate surface area is 343 Å². The van der Waals surface area contributed by atoms with Crippen LogP contribution in [-0.2, 0) is 0 Å². The average molecular weight is 730 g/mol. The zero-order valence-corrected chi connectivity index (χ0v) is 29.2. The van der Waals surface area contributed by atoms with Crippen LogP contribution < -0.4 is 0 Å². The van der Waals surface area contributed by atoms with Gasteiger partial charge in [-0.25, -0.2) is 4.98 Å². The number of hydrogen-bond acceptors (Lipinski definition) is 3. The predicted molar refractivity (Wildman–Crippen MR) is 230 cm³/mol. The van der Waals surface area contributed by atoms with E-state index in [9.17, 15) is 5.48 Å².